The zero-order valence-electron chi connectivity index (χ0n) is 11.1. The van der Waals surface area contributed by atoms with Crippen LogP contribution in [0.2, 0.25) is 0 Å². The summed E-state index contributed by atoms with van der Waals surface area (Å²) in [4.78, 5) is 12.4. The average Bonchev–Trinajstić information content (AvgIpc) is 2.49. The van der Waals surface area contributed by atoms with Crippen LogP contribution in [0.1, 0.15) is 27.9 Å². The molecular formula is C17H15FO2. The normalized spacial score (nSPS) is 13.4. The third-order valence-electron chi connectivity index (χ3n) is 3.54. The Hall–Kier alpha value is -2.16. The van der Waals surface area contributed by atoms with Gasteiger partial charge >= 0.3 is 0 Å². The third kappa shape index (κ3) is 2.44. The van der Waals surface area contributed by atoms with Crippen LogP contribution < -0.4 is 4.74 Å². The second-order valence-corrected chi connectivity index (χ2v) is 4.94. The topological polar surface area (TPSA) is 26.3 Å². The molecule has 0 saturated heterocycles. The molecule has 0 unspecified atom stereocenters. The summed E-state index contributed by atoms with van der Waals surface area (Å²) < 4.78 is 19.3. The van der Waals surface area contributed by atoms with Crippen LogP contribution in [0.5, 0.6) is 5.75 Å². The number of rotatable bonds is 3. The SMILES string of the molecule is O=C(Cc1ccccc1F)c1cccc2c1OCCC2. The Morgan fingerprint density at radius 3 is 2.85 bits per heavy atom. The van der Waals surface area contributed by atoms with E-state index in [0.717, 1.165) is 18.4 Å². The Morgan fingerprint density at radius 2 is 2.00 bits per heavy atom. The Bertz CT molecular complexity index is 649. The van der Waals surface area contributed by atoms with E-state index in [2.05, 4.69) is 0 Å². The van der Waals surface area contributed by atoms with Gasteiger partial charge in [-0.25, -0.2) is 4.39 Å². The number of ether oxygens (including phenoxy) is 1. The summed E-state index contributed by atoms with van der Waals surface area (Å²) in [6.45, 7) is 0.636. The van der Waals surface area contributed by atoms with E-state index < -0.39 is 0 Å². The summed E-state index contributed by atoms with van der Waals surface area (Å²) in [6.07, 6.45) is 1.96. The lowest BCUT2D eigenvalue weighted by Gasteiger charge is -2.19. The number of ketones is 1. The van der Waals surface area contributed by atoms with Gasteiger partial charge in [-0.2, -0.15) is 0 Å². The summed E-state index contributed by atoms with van der Waals surface area (Å²) in [5, 5.41) is 0. The third-order valence-corrected chi connectivity index (χ3v) is 3.54. The highest BCUT2D eigenvalue weighted by atomic mass is 19.1. The number of carbonyl (C=O) groups excluding carboxylic acids is 1. The first kappa shape index (κ1) is 12.9. The standard InChI is InChI=1S/C17H15FO2/c18-15-9-2-1-5-13(15)11-16(19)14-8-3-6-12-7-4-10-20-17(12)14/h1-3,5-6,8-9H,4,7,10-11H2. The smallest absolute Gasteiger partial charge is 0.171 e. The van der Waals surface area contributed by atoms with Gasteiger partial charge in [-0.3, -0.25) is 4.79 Å². The molecule has 0 saturated carbocycles. The lowest BCUT2D eigenvalue weighted by atomic mass is 9.97. The molecule has 1 aliphatic rings. The molecule has 0 bridgehead atoms. The van der Waals surface area contributed by atoms with E-state index >= 15 is 0 Å². The largest absolute Gasteiger partial charge is 0.493 e. The molecule has 3 rings (SSSR count). The van der Waals surface area contributed by atoms with Gasteiger partial charge in [0.2, 0.25) is 0 Å². The molecule has 2 nitrogen and oxygen atoms in total. The second-order valence-electron chi connectivity index (χ2n) is 4.94. The fourth-order valence-electron chi connectivity index (χ4n) is 2.52. The van der Waals surface area contributed by atoms with E-state index in [9.17, 15) is 9.18 Å². The van der Waals surface area contributed by atoms with Gasteiger partial charge in [0, 0.05) is 6.42 Å². The fraction of sp³-hybridized carbons (Fsp3) is 0.235. The second kappa shape index (κ2) is 5.45. The van der Waals surface area contributed by atoms with Crippen molar-refractivity contribution < 1.29 is 13.9 Å². The molecule has 0 radical (unpaired) electrons. The number of fused-ring (bicyclic) bond motifs is 1. The van der Waals surface area contributed by atoms with E-state index in [-0.39, 0.29) is 18.0 Å². The van der Waals surface area contributed by atoms with Crippen LogP contribution >= 0.6 is 0 Å². The molecule has 1 aliphatic heterocycles. The van der Waals surface area contributed by atoms with Gasteiger partial charge in [-0.15, -0.1) is 0 Å². The highest BCUT2D eigenvalue weighted by Gasteiger charge is 2.19. The van der Waals surface area contributed by atoms with Crippen LogP contribution in [0.15, 0.2) is 42.5 Å². The zero-order valence-corrected chi connectivity index (χ0v) is 11.1. The van der Waals surface area contributed by atoms with Crippen molar-refractivity contribution in [3.05, 3.63) is 65.0 Å². The molecule has 2 aromatic carbocycles. The summed E-state index contributed by atoms with van der Waals surface area (Å²) >= 11 is 0. The van der Waals surface area contributed by atoms with Gasteiger partial charge in [0.05, 0.1) is 12.2 Å². The minimum atomic E-state index is -0.341. The average molecular weight is 270 g/mol. The van der Waals surface area contributed by atoms with Gasteiger partial charge < -0.3 is 4.74 Å². The van der Waals surface area contributed by atoms with Crippen molar-refractivity contribution >= 4 is 5.78 Å². The number of hydrogen-bond donors (Lipinski definition) is 0. The lowest BCUT2D eigenvalue weighted by molar-refractivity contribution is 0.0987. The number of halogens is 1. The molecule has 0 atom stereocenters. The quantitative estimate of drug-likeness (QED) is 0.797. The molecule has 20 heavy (non-hydrogen) atoms. The van der Waals surface area contributed by atoms with Crippen molar-refractivity contribution in [1.29, 1.82) is 0 Å². The van der Waals surface area contributed by atoms with Crippen LogP contribution in [0.4, 0.5) is 4.39 Å². The van der Waals surface area contributed by atoms with Crippen LogP contribution in [-0.2, 0) is 12.8 Å². The van der Waals surface area contributed by atoms with Gasteiger partial charge in [-0.05, 0) is 36.1 Å². The Morgan fingerprint density at radius 1 is 1.15 bits per heavy atom. The molecule has 0 spiro atoms. The van der Waals surface area contributed by atoms with E-state index in [1.165, 1.54) is 6.07 Å². The first-order chi connectivity index (χ1) is 9.75. The van der Waals surface area contributed by atoms with E-state index in [0.29, 0.717) is 23.5 Å². The molecule has 102 valence electrons. The maximum absolute atomic E-state index is 13.6. The number of para-hydroxylation sites is 1. The van der Waals surface area contributed by atoms with Crippen LogP contribution in [0.3, 0.4) is 0 Å². The maximum Gasteiger partial charge on any atom is 0.171 e. The fourth-order valence-corrected chi connectivity index (χ4v) is 2.52. The minimum Gasteiger partial charge on any atom is -0.493 e. The summed E-state index contributed by atoms with van der Waals surface area (Å²) in [7, 11) is 0. The number of hydrogen-bond acceptors (Lipinski definition) is 2. The number of benzene rings is 2. The maximum atomic E-state index is 13.6. The Labute approximate surface area is 117 Å². The number of aryl methyl sites for hydroxylation is 1. The lowest BCUT2D eigenvalue weighted by Crippen LogP contribution is -2.14. The van der Waals surface area contributed by atoms with E-state index in [1.807, 2.05) is 12.1 Å². The predicted octanol–water partition coefficient (Wildman–Crippen LogP) is 3.58. The van der Waals surface area contributed by atoms with E-state index in [1.54, 1.807) is 24.3 Å². The number of carbonyl (C=O) groups is 1. The highest BCUT2D eigenvalue weighted by molar-refractivity contribution is 6.00. The van der Waals surface area contributed by atoms with Crippen LogP contribution in [0, 0.1) is 5.82 Å². The van der Waals surface area contributed by atoms with Gasteiger partial charge in [0.1, 0.15) is 11.6 Å². The molecule has 0 amide bonds. The number of Topliss-reactive ketones (excluding diaryl/α,β-unsaturated/α-hetero) is 1. The Balaban J connectivity index is 1.90. The molecule has 2 aromatic rings. The summed E-state index contributed by atoms with van der Waals surface area (Å²) in [5.74, 6) is 0.237. The molecule has 0 aliphatic carbocycles. The summed E-state index contributed by atoms with van der Waals surface area (Å²) in [5.41, 5.74) is 2.05. The molecular weight excluding hydrogens is 255 g/mol. The van der Waals surface area contributed by atoms with Gasteiger partial charge in [0.25, 0.3) is 0 Å². The van der Waals surface area contributed by atoms with Crippen molar-refractivity contribution in [3.63, 3.8) is 0 Å². The first-order valence-corrected chi connectivity index (χ1v) is 6.77. The van der Waals surface area contributed by atoms with Crippen molar-refractivity contribution in [2.75, 3.05) is 6.61 Å². The van der Waals surface area contributed by atoms with Crippen molar-refractivity contribution in [3.8, 4) is 5.75 Å². The predicted molar refractivity (Wildman–Crippen MR) is 74.7 cm³/mol. The van der Waals surface area contributed by atoms with Crippen LogP contribution in [0.25, 0.3) is 0 Å². The summed E-state index contributed by atoms with van der Waals surface area (Å²) in [6, 6.07) is 12.0. The first-order valence-electron chi connectivity index (χ1n) is 6.77. The van der Waals surface area contributed by atoms with E-state index in [4.69, 9.17) is 4.74 Å². The van der Waals surface area contributed by atoms with Crippen molar-refractivity contribution in [1.82, 2.24) is 0 Å². The van der Waals surface area contributed by atoms with Crippen LogP contribution in [-0.4, -0.2) is 12.4 Å². The highest BCUT2D eigenvalue weighted by Crippen LogP contribution is 2.29. The van der Waals surface area contributed by atoms with Gasteiger partial charge in [0.15, 0.2) is 5.78 Å². The van der Waals surface area contributed by atoms with Crippen molar-refractivity contribution in [2.24, 2.45) is 0 Å². The molecule has 1 heterocycles. The van der Waals surface area contributed by atoms with Gasteiger partial charge in [-0.1, -0.05) is 30.3 Å². The monoisotopic (exact) mass is 270 g/mol. The van der Waals surface area contributed by atoms with Crippen molar-refractivity contribution in [2.45, 2.75) is 19.3 Å². The molecule has 0 aromatic heterocycles. The molecule has 0 N–H and O–H groups in total. The molecule has 0 fully saturated rings. The molecule has 3 heteroatoms. The minimum absolute atomic E-state index is 0.0620. The Kier molecular flexibility index (Phi) is 3.50. The zero-order chi connectivity index (χ0) is 13.9.